The van der Waals surface area contributed by atoms with Crippen molar-refractivity contribution in [3.05, 3.63) is 60.2 Å². The van der Waals surface area contributed by atoms with E-state index in [0.29, 0.717) is 12.5 Å². The first kappa shape index (κ1) is 12.7. The van der Waals surface area contributed by atoms with Gasteiger partial charge < -0.3 is 4.74 Å². The van der Waals surface area contributed by atoms with Crippen molar-refractivity contribution in [2.24, 2.45) is 0 Å². The lowest BCUT2D eigenvalue weighted by Gasteiger charge is -2.02. The lowest BCUT2D eigenvalue weighted by molar-refractivity contribution is 0.169. The summed E-state index contributed by atoms with van der Waals surface area (Å²) in [5.41, 5.74) is 2.27. The van der Waals surface area contributed by atoms with Gasteiger partial charge in [-0.2, -0.15) is 0 Å². The Kier molecular flexibility index (Phi) is 4.13. The molecule has 0 aliphatic heterocycles. The minimum absolute atomic E-state index is 0.634. The molecule has 1 aromatic heterocycles. The second kappa shape index (κ2) is 6.19. The maximum Gasteiger partial charge on any atom is 0.153 e. The molecule has 96 valence electrons. The van der Waals surface area contributed by atoms with E-state index >= 15 is 0 Å². The first-order valence-corrected chi connectivity index (χ1v) is 7.82. The number of hydrogen-bond donors (Lipinski definition) is 0. The van der Waals surface area contributed by atoms with Gasteiger partial charge in [0.15, 0.2) is 4.34 Å². The molecule has 0 amide bonds. The van der Waals surface area contributed by atoms with E-state index in [4.69, 9.17) is 4.74 Å². The predicted octanol–water partition coefficient (Wildman–Crippen LogP) is 4.56. The molecule has 1 heterocycles. The summed E-state index contributed by atoms with van der Waals surface area (Å²) in [5, 5.41) is 0. The van der Waals surface area contributed by atoms with Gasteiger partial charge >= 0.3 is 0 Å². The van der Waals surface area contributed by atoms with E-state index in [0.717, 1.165) is 9.86 Å². The van der Waals surface area contributed by atoms with Crippen LogP contribution >= 0.6 is 23.1 Å². The molecule has 0 bridgehead atoms. The first-order valence-electron chi connectivity index (χ1n) is 6.02. The van der Waals surface area contributed by atoms with Crippen molar-refractivity contribution >= 4 is 33.3 Å². The number of fused-ring (bicyclic) bond motifs is 1. The number of rotatable bonds is 5. The standard InChI is InChI=1S/C15H13NOS2/c1-2-6-12(7-3-1)10-17-11-18-15-16-13-8-4-5-9-14(13)19-15/h1-9H,10-11H2. The van der Waals surface area contributed by atoms with Crippen LogP contribution in [0, 0.1) is 0 Å². The molecule has 0 aliphatic carbocycles. The van der Waals surface area contributed by atoms with Crippen LogP contribution in [-0.4, -0.2) is 10.9 Å². The average Bonchev–Trinajstić information content (AvgIpc) is 2.87. The van der Waals surface area contributed by atoms with Crippen LogP contribution in [0.3, 0.4) is 0 Å². The average molecular weight is 287 g/mol. The number of aromatic nitrogens is 1. The van der Waals surface area contributed by atoms with Gasteiger partial charge in [-0.15, -0.1) is 11.3 Å². The highest BCUT2D eigenvalue weighted by Crippen LogP contribution is 2.29. The Labute approximate surface area is 120 Å². The molecule has 0 radical (unpaired) electrons. The van der Waals surface area contributed by atoms with Crippen LogP contribution < -0.4 is 0 Å². The maximum atomic E-state index is 5.65. The third kappa shape index (κ3) is 3.35. The van der Waals surface area contributed by atoms with Gasteiger partial charge in [0.25, 0.3) is 0 Å². The zero-order chi connectivity index (χ0) is 12.9. The van der Waals surface area contributed by atoms with Crippen LogP contribution in [0.4, 0.5) is 0 Å². The van der Waals surface area contributed by atoms with E-state index in [1.165, 1.54) is 10.3 Å². The Balaban J connectivity index is 1.52. The molecule has 19 heavy (non-hydrogen) atoms. The second-order valence-electron chi connectivity index (χ2n) is 4.04. The quantitative estimate of drug-likeness (QED) is 0.390. The van der Waals surface area contributed by atoms with Crippen LogP contribution in [-0.2, 0) is 11.3 Å². The molecule has 3 rings (SSSR count). The van der Waals surface area contributed by atoms with Gasteiger partial charge in [0.2, 0.25) is 0 Å². The summed E-state index contributed by atoms with van der Waals surface area (Å²) in [5.74, 6) is 0.634. The van der Waals surface area contributed by atoms with E-state index in [-0.39, 0.29) is 0 Å². The number of hydrogen-bond acceptors (Lipinski definition) is 4. The molecule has 0 fully saturated rings. The van der Waals surface area contributed by atoms with Crippen molar-refractivity contribution in [1.82, 2.24) is 4.98 Å². The van der Waals surface area contributed by atoms with Crippen molar-refractivity contribution in [2.75, 3.05) is 5.94 Å². The molecule has 0 atom stereocenters. The molecule has 2 aromatic carbocycles. The Bertz CT molecular complexity index is 618. The Morgan fingerprint density at radius 1 is 1.00 bits per heavy atom. The normalized spacial score (nSPS) is 10.9. The summed E-state index contributed by atoms with van der Waals surface area (Å²) >= 11 is 3.37. The van der Waals surface area contributed by atoms with Gasteiger partial charge in [0, 0.05) is 0 Å². The Morgan fingerprint density at radius 2 is 1.79 bits per heavy atom. The molecule has 4 heteroatoms. The second-order valence-corrected chi connectivity index (χ2v) is 6.24. The van der Waals surface area contributed by atoms with Crippen molar-refractivity contribution in [2.45, 2.75) is 10.9 Å². The van der Waals surface area contributed by atoms with Gasteiger partial charge in [-0.05, 0) is 17.7 Å². The van der Waals surface area contributed by atoms with Crippen LogP contribution in [0.1, 0.15) is 5.56 Å². The number of ether oxygens (including phenoxy) is 1. The summed E-state index contributed by atoms with van der Waals surface area (Å²) in [4.78, 5) is 4.56. The third-order valence-corrected chi connectivity index (χ3v) is 4.71. The summed E-state index contributed by atoms with van der Waals surface area (Å²) in [6.45, 7) is 0.652. The summed E-state index contributed by atoms with van der Waals surface area (Å²) in [6, 6.07) is 18.4. The lowest BCUT2D eigenvalue weighted by atomic mass is 10.2. The van der Waals surface area contributed by atoms with Crippen molar-refractivity contribution in [3.63, 3.8) is 0 Å². The summed E-state index contributed by atoms with van der Waals surface area (Å²) < 4.78 is 7.94. The van der Waals surface area contributed by atoms with Gasteiger partial charge in [0.05, 0.1) is 22.8 Å². The fraction of sp³-hybridized carbons (Fsp3) is 0.133. The minimum atomic E-state index is 0.634. The highest BCUT2D eigenvalue weighted by molar-refractivity contribution is 8.01. The molecule has 0 saturated heterocycles. The van der Waals surface area contributed by atoms with E-state index in [2.05, 4.69) is 23.2 Å². The molecule has 2 nitrogen and oxygen atoms in total. The SMILES string of the molecule is c1ccc(COCSc2nc3ccccc3s2)cc1. The first-order chi connectivity index (χ1) is 9.42. The van der Waals surface area contributed by atoms with Gasteiger partial charge in [-0.1, -0.05) is 54.2 Å². The number of thioether (sulfide) groups is 1. The molecule has 0 spiro atoms. The van der Waals surface area contributed by atoms with E-state index in [1.54, 1.807) is 23.1 Å². The fourth-order valence-electron chi connectivity index (χ4n) is 1.74. The largest absolute Gasteiger partial charge is 0.366 e. The number of thiazole rings is 1. The monoisotopic (exact) mass is 287 g/mol. The topological polar surface area (TPSA) is 22.1 Å². The van der Waals surface area contributed by atoms with Crippen molar-refractivity contribution < 1.29 is 4.74 Å². The van der Waals surface area contributed by atoms with Crippen LogP contribution in [0.5, 0.6) is 0 Å². The highest BCUT2D eigenvalue weighted by Gasteiger charge is 2.03. The Hall–Kier alpha value is -1.36. The van der Waals surface area contributed by atoms with Gasteiger partial charge in [-0.3, -0.25) is 0 Å². The van der Waals surface area contributed by atoms with E-state index in [1.807, 2.05) is 36.4 Å². The molecule has 0 saturated carbocycles. The molecule has 3 aromatic rings. The lowest BCUT2D eigenvalue weighted by Crippen LogP contribution is -1.91. The molecular formula is C15H13NOS2. The van der Waals surface area contributed by atoms with E-state index in [9.17, 15) is 0 Å². The minimum Gasteiger partial charge on any atom is -0.366 e. The molecule has 0 N–H and O–H groups in total. The third-order valence-electron chi connectivity index (χ3n) is 2.65. The molecule has 0 unspecified atom stereocenters. The molecule has 0 aliphatic rings. The van der Waals surface area contributed by atoms with Crippen molar-refractivity contribution in [1.29, 1.82) is 0 Å². The van der Waals surface area contributed by atoms with Crippen molar-refractivity contribution in [3.8, 4) is 0 Å². The Morgan fingerprint density at radius 3 is 2.63 bits per heavy atom. The smallest absolute Gasteiger partial charge is 0.153 e. The van der Waals surface area contributed by atoms with Crippen LogP contribution in [0.2, 0.25) is 0 Å². The maximum absolute atomic E-state index is 5.65. The number of nitrogens with zero attached hydrogens (tertiary/aromatic N) is 1. The number of para-hydroxylation sites is 1. The summed E-state index contributed by atoms with van der Waals surface area (Å²) in [7, 11) is 0. The zero-order valence-corrected chi connectivity index (χ0v) is 11.9. The van der Waals surface area contributed by atoms with E-state index < -0.39 is 0 Å². The molecular weight excluding hydrogens is 274 g/mol. The number of benzene rings is 2. The van der Waals surface area contributed by atoms with Crippen LogP contribution in [0.25, 0.3) is 10.2 Å². The van der Waals surface area contributed by atoms with Crippen LogP contribution in [0.15, 0.2) is 58.9 Å². The van der Waals surface area contributed by atoms with Gasteiger partial charge in [-0.25, -0.2) is 4.98 Å². The predicted molar refractivity (Wildman–Crippen MR) is 81.6 cm³/mol. The highest BCUT2D eigenvalue weighted by atomic mass is 32.2. The zero-order valence-electron chi connectivity index (χ0n) is 10.3. The fourth-order valence-corrected chi connectivity index (χ4v) is 3.52. The van der Waals surface area contributed by atoms with Gasteiger partial charge in [0.1, 0.15) is 0 Å². The summed E-state index contributed by atoms with van der Waals surface area (Å²) in [6.07, 6.45) is 0.